The molecule has 3 rings (SSSR count). The van der Waals surface area contributed by atoms with Crippen molar-refractivity contribution in [1.82, 2.24) is 5.32 Å². The van der Waals surface area contributed by atoms with Gasteiger partial charge in [-0.3, -0.25) is 4.79 Å². The van der Waals surface area contributed by atoms with E-state index in [9.17, 15) is 9.59 Å². The molecule has 0 aromatic heterocycles. The Hall–Kier alpha value is -3.26. The number of esters is 1. The van der Waals surface area contributed by atoms with Crippen molar-refractivity contribution in [2.75, 3.05) is 40.6 Å². The Bertz CT molecular complexity index is 892. The minimum atomic E-state index is -0.564. The molecule has 1 amide bonds. The fraction of sp³-hybridized carbons (Fsp3) is 0.417. The summed E-state index contributed by atoms with van der Waals surface area (Å²) in [6.45, 7) is 1.33. The zero-order valence-corrected chi connectivity index (χ0v) is 18.4. The fourth-order valence-corrected chi connectivity index (χ4v) is 3.30. The fourth-order valence-electron chi connectivity index (χ4n) is 3.30. The van der Waals surface area contributed by atoms with Crippen LogP contribution in [0.15, 0.2) is 42.5 Å². The Morgan fingerprint density at radius 3 is 2.53 bits per heavy atom. The molecule has 0 spiro atoms. The highest BCUT2D eigenvalue weighted by Crippen LogP contribution is 2.27. The summed E-state index contributed by atoms with van der Waals surface area (Å²) in [7, 11) is 3.15. The van der Waals surface area contributed by atoms with Gasteiger partial charge in [0.05, 0.1) is 25.9 Å². The third kappa shape index (κ3) is 6.88. The van der Waals surface area contributed by atoms with Crippen molar-refractivity contribution >= 4 is 11.9 Å². The van der Waals surface area contributed by atoms with Gasteiger partial charge in [-0.15, -0.1) is 0 Å². The zero-order chi connectivity index (χ0) is 22.8. The van der Waals surface area contributed by atoms with Crippen LogP contribution in [0.4, 0.5) is 0 Å². The van der Waals surface area contributed by atoms with Gasteiger partial charge < -0.3 is 29.0 Å². The second-order valence-electron chi connectivity index (χ2n) is 7.34. The third-order valence-corrected chi connectivity index (χ3v) is 5.07. The van der Waals surface area contributed by atoms with Crippen LogP contribution in [0, 0.1) is 0 Å². The maximum Gasteiger partial charge on any atom is 0.338 e. The minimum Gasteiger partial charge on any atom is -0.493 e. The van der Waals surface area contributed by atoms with Crippen LogP contribution >= 0.6 is 0 Å². The van der Waals surface area contributed by atoms with Gasteiger partial charge in [-0.05, 0) is 61.2 Å². The first kappa shape index (κ1) is 23.4. The molecule has 32 heavy (non-hydrogen) atoms. The number of carbonyl (C=O) groups excluding carboxylic acids is 2. The van der Waals surface area contributed by atoms with Crippen LogP contribution in [-0.4, -0.2) is 58.6 Å². The highest BCUT2D eigenvalue weighted by atomic mass is 16.5. The summed E-state index contributed by atoms with van der Waals surface area (Å²) in [5.41, 5.74) is 1.34. The molecule has 1 aliphatic heterocycles. The molecule has 0 radical (unpaired) electrons. The van der Waals surface area contributed by atoms with Gasteiger partial charge in [0.1, 0.15) is 12.4 Å². The average molecular weight is 443 g/mol. The molecule has 0 bridgehead atoms. The van der Waals surface area contributed by atoms with E-state index in [0.717, 1.165) is 25.0 Å². The van der Waals surface area contributed by atoms with Crippen LogP contribution in [0.25, 0.3) is 0 Å². The average Bonchev–Trinajstić information content (AvgIpc) is 3.35. The SMILES string of the molecule is COc1ccc(CCNC(=O)COC(=O)c2ccc(OCC3CCCO3)cc2)cc1OC. The molecule has 1 atom stereocenters. The highest BCUT2D eigenvalue weighted by molar-refractivity contribution is 5.91. The standard InChI is InChI=1S/C24H29NO7/c1-28-21-10-5-17(14-22(21)29-2)11-12-25-23(26)16-32-24(27)18-6-8-19(9-7-18)31-15-20-4-3-13-30-20/h5-10,14,20H,3-4,11-13,15-16H2,1-2H3,(H,25,26). The van der Waals surface area contributed by atoms with Gasteiger partial charge in [-0.25, -0.2) is 4.79 Å². The molecule has 2 aromatic rings. The largest absolute Gasteiger partial charge is 0.493 e. The predicted octanol–water partition coefficient (Wildman–Crippen LogP) is 2.78. The van der Waals surface area contributed by atoms with E-state index in [0.29, 0.717) is 42.4 Å². The molecule has 2 aromatic carbocycles. The molecular formula is C24H29NO7. The second kappa shape index (κ2) is 12.0. The zero-order valence-electron chi connectivity index (χ0n) is 18.4. The van der Waals surface area contributed by atoms with Crippen LogP contribution in [0.3, 0.4) is 0 Å². The topological polar surface area (TPSA) is 92.3 Å². The lowest BCUT2D eigenvalue weighted by molar-refractivity contribution is -0.124. The van der Waals surface area contributed by atoms with Gasteiger partial charge in [0.25, 0.3) is 5.91 Å². The van der Waals surface area contributed by atoms with Gasteiger partial charge in [0.2, 0.25) is 0 Å². The van der Waals surface area contributed by atoms with E-state index in [4.69, 9.17) is 23.7 Å². The first-order valence-corrected chi connectivity index (χ1v) is 10.6. The molecule has 1 heterocycles. The number of nitrogens with one attached hydrogen (secondary N) is 1. The Morgan fingerprint density at radius 2 is 1.84 bits per heavy atom. The molecule has 172 valence electrons. The Morgan fingerprint density at radius 1 is 1.06 bits per heavy atom. The lowest BCUT2D eigenvalue weighted by Crippen LogP contribution is -2.30. The van der Waals surface area contributed by atoms with Crippen molar-refractivity contribution in [1.29, 1.82) is 0 Å². The third-order valence-electron chi connectivity index (χ3n) is 5.07. The van der Waals surface area contributed by atoms with Crippen LogP contribution in [0.5, 0.6) is 17.2 Å². The number of ether oxygens (including phenoxy) is 5. The van der Waals surface area contributed by atoms with E-state index in [1.54, 1.807) is 38.5 Å². The van der Waals surface area contributed by atoms with Crippen LogP contribution in [0.1, 0.15) is 28.8 Å². The maximum atomic E-state index is 12.2. The van der Waals surface area contributed by atoms with E-state index in [1.165, 1.54) is 0 Å². The monoisotopic (exact) mass is 443 g/mol. The number of benzene rings is 2. The van der Waals surface area contributed by atoms with Crippen molar-refractivity contribution in [3.63, 3.8) is 0 Å². The number of amides is 1. The summed E-state index contributed by atoms with van der Waals surface area (Å²) in [6.07, 6.45) is 2.79. The molecule has 1 saturated heterocycles. The lowest BCUT2D eigenvalue weighted by Gasteiger charge is -2.12. The normalized spacial score (nSPS) is 15.1. The van der Waals surface area contributed by atoms with Crippen LogP contribution in [-0.2, 0) is 20.7 Å². The molecular weight excluding hydrogens is 414 g/mol. The van der Waals surface area contributed by atoms with Crippen molar-refractivity contribution in [3.05, 3.63) is 53.6 Å². The lowest BCUT2D eigenvalue weighted by atomic mass is 10.1. The van der Waals surface area contributed by atoms with E-state index in [1.807, 2.05) is 18.2 Å². The van der Waals surface area contributed by atoms with Gasteiger partial charge in [0, 0.05) is 13.2 Å². The molecule has 1 aliphatic rings. The van der Waals surface area contributed by atoms with E-state index in [-0.39, 0.29) is 18.6 Å². The van der Waals surface area contributed by atoms with E-state index >= 15 is 0 Å². The summed E-state index contributed by atoms with van der Waals surface area (Å²) in [4.78, 5) is 24.2. The van der Waals surface area contributed by atoms with Crippen LogP contribution in [0.2, 0.25) is 0 Å². The molecule has 1 unspecified atom stereocenters. The first-order chi connectivity index (χ1) is 15.6. The van der Waals surface area contributed by atoms with Gasteiger partial charge >= 0.3 is 5.97 Å². The quantitative estimate of drug-likeness (QED) is 0.534. The molecule has 1 fully saturated rings. The van der Waals surface area contributed by atoms with E-state index in [2.05, 4.69) is 5.32 Å². The number of hydrogen-bond donors (Lipinski definition) is 1. The minimum absolute atomic E-state index is 0.130. The molecule has 0 aliphatic carbocycles. The van der Waals surface area contributed by atoms with E-state index < -0.39 is 5.97 Å². The molecule has 0 saturated carbocycles. The number of carbonyl (C=O) groups is 2. The Kier molecular flexibility index (Phi) is 8.74. The van der Waals surface area contributed by atoms with Gasteiger partial charge in [-0.2, -0.15) is 0 Å². The van der Waals surface area contributed by atoms with Crippen molar-refractivity contribution in [2.45, 2.75) is 25.4 Å². The number of methoxy groups -OCH3 is 2. The Labute approximate surface area is 187 Å². The van der Waals surface area contributed by atoms with Gasteiger partial charge in [0.15, 0.2) is 18.1 Å². The number of hydrogen-bond acceptors (Lipinski definition) is 7. The van der Waals surface area contributed by atoms with Crippen molar-refractivity contribution < 1.29 is 33.3 Å². The summed E-state index contributed by atoms with van der Waals surface area (Å²) >= 11 is 0. The summed E-state index contributed by atoms with van der Waals surface area (Å²) < 4.78 is 26.8. The van der Waals surface area contributed by atoms with Gasteiger partial charge in [-0.1, -0.05) is 6.07 Å². The predicted molar refractivity (Wildman–Crippen MR) is 117 cm³/mol. The second-order valence-corrected chi connectivity index (χ2v) is 7.34. The van der Waals surface area contributed by atoms with Crippen molar-refractivity contribution in [3.8, 4) is 17.2 Å². The summed E-state index contributed by atoms with van der Waals surface area (Å²) in [6, 6.07) is 12.2. The first-order valence-electron chi connectivity index (χ1n) is 10.6. The molecule has 8 heteroatoms. The van der Waals surface area contributed by atoms with Crippen molar-refractivity contribution in [2.24, 2.45) is 0 Å². The van der Waals surface area contributed by atoms with Crippen LogP contribution < -0.4 is 19.5 Å². The summed E-state index contributed by atoms with van der Waals surface area (Å²) in [5, 5.41) is 2.74. The Balaban J connectivity index is 1.36. The maximum absolute atomic E-state index is 12.2. The highest BCUT2D eigenvalue weighted by Gasteiger charge is 2.16. The summed E-state index contributed by atoms with van der Waals surface area (Å²) in [5.74, 6) is 1.01. The molecule has 1 N–H and O–H groups in total. The smallest absolute Gasteiger partial charge is 0.338 e. The number of rotatable bonds is 11. The molecule has 8 nitrogen and oxygen atoms in total.